The van der Waals surface area contributed by atoms with Crippen LogP contribution in [0.1, 0.15) is 19.8 Å². The maximum absolute atomic E-state index is 10.6. The van der Waals surface area contributed by atoms with Crippen LogP contribution in [-0.4, -0.2) is 47.3 Å². The molecule has 0 aromatic rings. The molecule has 0 saturated carbocycles. The fourth-order valence-electron chi connectivity index (χ4n) is 1.40. The van der Waals surface area contributed by atoms with Gasteiger partial charge in [0.15, 0.2) is 0 Å². The van der Waals surface area contributed by atoms with Crippen molar-refractivity contribution in [1.29, 1.82) is 0 Å². The Morgan fingerprint density at radius 2 is 2.08 bits per heavy atom. The molecule has 12 heavy (non-hydrogen) atoms. The summed E-state index contributed by atoms with van der Waals surface area (Å²) in [5.41, 5.74) is 0. The summed E-state index contributed by atoms with van der Waals surface area (Å²) in [5.74, 6) is -0.283. The van der Waals surface area contributed by atoms with Gasteiger partial charge < -0.3 is 4.90 Å². The predicted octanol–water partition coefficient (Wildman–Crippen LogP) is 0.320. The van der Waals surface area contributed by atoms with Crippen LogP contribution in [-0.2, 0) is 4.79 Å². The molecular formula is C8H16N2O2. The zero-order chi connectivity index (χ0) is 8.97. The summed E-state index contributed by atoms with van der Waals surface area (Å²) < 4.78 is 0. The summed E-state index contributed by atoms with van der Waals surface area (Å²) >= 11 is 0. The van der Waals surface area contributed by atoms with Gasteiger partial charge >= 0.3 is 0 Å². The third-order valence-electron chi connectivity index (χ3n) is 2.19. The lowest BCUT2D eigenvalue weighted by molar-refractivity contribution is -0.163. The van der Waals surface area contributed by atoms with Gasteiger partial charge in [0.2, 0.25) is 5.91 Å². The maximum atomic E-state index is 10.6. The number of hydrogen-bond donors (Lipinski definition) is 1. The minimum absolute atomic E-state index is 0.283. The van der Waals surface area contributed by atoms with Crippen molar-refractivity contribution in [3.63, 3.8) is 0 Å². The lowest BCUT2D eigenvalue weighted by Gasteiger charge is -2.18. The number of hydroxylamine groups is 2. The van der Waals surface area contributed by atoms with Crippen molar-refractivity contribution >= 4 is 5.91 Å². The first-order valence-corrected chi connectivity index (χ1v) is 4.39. The topological polar surface area (TPSA) is 43.8 Å². The average Bonchev–Trinajstić information content (AvgIpc) is 2.51. The molecule has 70 valence electrons. The van der Waals surface area contributed by atoms with Crippen molar-refractivity contribution in [1.82, 2.24) is 9.96 Å². The molecule has 1 fully saturated rings. The second-order valence-corrected chi connectivity index (χ2v) is 3.19. The van der Waals surface area contributed by atoms with Crippen LogP contribution in [0.3, 0.4) is 0 Å². The zero-order valence-corrected chi connectivity index (χ0v) is 7.49. The SMILES string of the molecule is CC(=O)N(O)CCN1CCCC1. The van der Waals surface area contributed by atoms with Crippen LogP contribution in [0, 0.1) is 0 Å². The molecule has 4 heteroatoms. The first-order chi connectivity index (χ1) is 5.70. The first kappa shape index (κ1) is 9.48. The van der Waals surface area contributed by atoms with Gasteiger partial charge in [-0.2, -0.15) is 0 Å². The van der Waals surface area contributed by atoms with E-state index in [1.807, 2.05) is 0 Å². The predicted molar refractivity (Wildman–Crippen MR) is 44.8 cm³/mol. The summed E-state index contributed by atoms with van der Waals surface area (Å²) in [4.78, 5) is 12.9. The van der Waals surface area contributed by atoms with E-state index in [4.69, 9.17) is 5.21 Å². The van der Waals surface area contributed by atoms with Gasteiger partial charge in [-0.3, -0.25) is 10.0 Å². The lowest BCUT2D eigenvalue weighted by atomic mass is 10.4. The number of likely N-dealkylation sites (tertiary alicyclic amines) is 1. The normalized spacial score (nSPS) is 18.2. The van der Waals surface area contributed by atoms with Gasteiger partial charge in [-0.25, -0.2) is 5.06 Å². The van der Waals surface area contributed by atoms with E-state index < -0.39 is 0 Å². The Labute approximate surface area is 72.7 Å². The van der Waals surface area contributed by atoms with Crippen LogP contribution >= 0.6 is 0 Å². The van der Waals surface area contributed by atoms with Crippen molar-refractivity contribution in [2.24, 2.45) is 0 Å². The molecule has 1 amide bonds. The Bertz CT molecular complexity index is 155. The molecule has 1 rings (SSSR count). The van der Waals surface area contributed by atoms with Gasteiger partial charge in [0.25, 0.3) is 0 Å². The Morgan fingerprint density at radius 1 is 1.50 bits per heavy atom. The number of rotatable bonds is 3. The zero-order valence-electron chi connectivity index (χ0n) is 7.49. The van der Waals surface area contributed by atoms with Crippen molar-refractivity contribution in [3.8, 4) is 0 Å². The Kier molecular flexibility index (Phi) is 3.49. The van der Waals surface area contributed by atoms with Gasteiger partial charge in [0.1, 0.15) is 0 Å². The molecule has 0 unspecified atom stereocenters. The Balaban J connectivity index is 2.11. The van der Waals surface area contributed by atoms with Crippen molar-refractivity contribution in [3.05, 3.63) is 0 Å². The highest BCUT2D eigenvalue weighted by Gasteiger charge is 2.12. The molecule has 0 aromatic heterocycles. The van der Waals surface area contributed by atoms with E-state index in [1.165, 1.54) is 19.8 Å². The summed E-state index contributed by atoms with van der Waals surface area (Å²) in [6.45, 7) is 4.78. The van der Waals surface area contributed by atoms with E-state index in [9.17, 15) is 4.79 Å². The summed E-state index contributed by atoms with van der Waals surface area (Å²) in [5, 5.41) is 9.82. The van der Waals surface area contributed by atoms with E-state index >= 15 is 0 Å². The molecule has 0 atom stereocenters. The fraction of sp³-hybridized carbons (Fsp3) is 0.875. The van der Waals surface area contributed by atoms with E-state index in [0.29, 0.717) is 6.54 Å². The van der Waals surface area contributed by atoms with Gasteiger partial charge in [0, 0.05) is 13.5 Å². The quantitative estimate of drug-likeness (QED) is 0.492. The number of nitrogens with zero attached hydrogens (tertiary/aromatic N) is 2. The lowest BCUT2D eigenvalue weighted by Crippen LogP contribution is -2.34. The monoisotopic (exact) mass is 172 g/mol. The van der Waals surface area contributed by atoms with Gasteiger partial charge in [-0.1, -0.05) is 0 Å². The molecule has 1 saturated heterocycles. The average molecular weight is 172 g/mol. The number of amides is 1. The van der Waals surface area contributed by atoms with Gasteiger partial charge in [-0.05, 0) is 25.9 Å². The molecule has 1 N–H and O–H groups in total. The molecule has 0 aliphatic carbocycles. The molecule has 0 bridgehead atoms. The van der Waals surface area contributed by atoms with Gasteiger partial charge in [0.05, 0.1) is 6.54 Å². The minimum atomic E-state index is -0.283. The molecule has 0 spiro atoms. The number of hydrogen-bond acceptors (Lipinski definition) is 3. The third-order valence-corrected chi connectivity index (χ3v) is 2.19. The Hall–Kier alpha value is -0.610. The minimum Gasteiger partial charge on any atom is -0.301 e. The van der Waals surface area contributed by atoms with E-state index in [2.05, 4.69) is 4.90 Å². The molecule has 1 heterocycles. The van der Waals surface area contributed by atoms with Crippen LogP contribution in [0.15, 0.2) is 0 Å². The highest BCUT2D eigenvalue weighted by molar-refractivity contribution is 5.71. The molecule has 1 aliphatic rings. The summed E-state index contributed by atoms with van der Waals surface area (Å²) in [7, 11) is 0. The maximum Gasteiger partial charge on any atom is 0.242 e. The van der Waals surface area contributed by atoms with E-state index in [1.54, 1.807) is 0 Å². The van der Waals surface area contributed by atoms with E-state index in [0.717, 1.165) is 24.7 Å². The second-order valence-electron chi connectivity index (χ2n) is 3.19. The van der Waals surface area contributed by atoms with Crippen LogP contribution in [0.5, 0.6) is 0 Å². The summed E-state index contributed by atoms with van der Waals surface area (Å²) in [6, 6.07) is 0. The van der Waals surface area contributed by atoms with Crippen molar-refractivity contribution in [2.75, 3.05) is 26.2 Å². The number of carbonyl (C=O) groups excluding carboxylic acids is 1. The van der Waals surface area contributed by atoms with Gasteiger partial charge in [-0.15, -0.1) is 0 Å². The fourth-order valence-corrected chi connectivity index (χ4v) is 1.40. The number of carbonyl (C=O) groups is 1. The smallest absolute Gasteiger partial charge is 0.242 e. The standard InChI is InChI=1S/C8H16N2O2/c1-8(11)10(12)7-6-9-4-2-3-5-9/h12H,2-7H2,1H3. The molecule has 0 radical (unpaired) electrons. The summed E-state index contributed by atoms with van der Waals surface area (Å²) in [6.07, 6.45) is 2.48. The van der Waals surface area contributed by atoms with Crippen LogP contribution in [0.4, 0.5) is 0 Å². The molecule has 0 aromatic carbocycles. The third kappa shape index (κ3) is 2.79. The highest BCUT2D eigenvalue weighted by atomic mass is 16.5. The van der Waals surface area contributed by atoms with Crippen LogP contribution in [0.2, 0.25) is 0 Å². The second kappa shape index (κ2) is 4.42. The van der Waals surface area contributed by atoms with Crippen molar-refractivity contribution < 1.29 is 10.0 Å². The molecule has 4 nitrogen and oxygen atoms in total. The molecule has 1 aliphatic heterocycles. The van der Waals surface area contributed by atoms with Crippen LogP contribution in [0.25, 0.3) is 0 Å². The van der Waals surface area contributed by atoms with Crippen LogP contribution < -0.4 is 0 Å². The van der Waals surface area contributed by atoms with E-state index in [-0.39, 0.29) is 5.91 Å². The largest absolute Gasteiger partial charge is 0.301 e. The first-order valence-electron chi connectivity index (χ1n) is 4.39. The molecular weight excluding hydrogens is 156 g/mol. The Morgan fingerprint density at radius 3 is 2.58 bits per heavy atom. The highest BCUT2D eigenvalue weighted by Crippen LogP contribution is 2.06. The van der Waals surface area contributed by atoms with Crippen molar-refractivity contribution in [2.45, 2.75) is 19.8 Å².